The number of aromatic hydroxyl groups is 1. The van der Waals surface area contributed by atoms with Crippen molar-refractivity contribution in [1.82, 2.24) is 0 Å². The molecule has 0 saturated heterocycles. The molecular formula is C15H14F3NO2. The lowest BCUT2D eigenvalue weighted by molar-refractivity contribution is -0.0498. The van der Waals surface area contributed by atoms with E-state index in [4.69, 9.17) is 0 Å². The largest absolute Gasteiger partial charge is 0.508 e. The molecule has 1 unspecified atom stereocenters. The second-order valence-corrected chi connectivity index (χ2v) is 4.48. The molecule has 0 saturated carbocycles. The van der Waals surface area contributed by atoms with Crippen LogP contribution in [0.15, 0.2) is 42.5 Å². The molecular weight excluding hydrogens is 283 g/mol. The Morgan fingerprint density at radius 1 is 1.14 bits per heavy atom. The van der Waals surface area contributed by atoms with E-state index in [1.165, 1.54) is 24.3 Å². The number of hydrogen-bond donors (Lipinski definition) is 2. The monoisotopic (exact) mass is 297 g/mol. The van der Waals surface area contributed by atoms with Gasteiger partial charge in [0.15, 0.2) is 0 Å². The van der Waals surface area contributed by atoms with Crippen molar-refractivity contribution in [1.29, 1.82) is 0 Å². The zero-order chi connectivity index (χ0) is 15.4. The van der Waals surface area contributed by atoms with Crippen LogP contribution in [0.4, 0.5) is 18.9 Å². The molecule has 0 aliphatic carbocycles. The van der Waals surface area contributed by atoms with Crippen LogP contribution in [0.5, 0.6) is 11.5 Å². The fraction of sp³-hybridized carbons (Fsp3) is 0.200. The first kappa shape index (κ1) is 15.0. The van der Waals surface area contributed by atoms with Gasteiger partial charge in [0.25, 0.3) is 0 Å². The van der Waals surface area contributed by atoms with Crippen molar-refractivity contribution in [3.63, 3.8) is 0 Å². The Balaban J connectivity index is 2.15. The predicted octanol–water partition coefficient (Wildman–Crippen LogP) is 4.31. The number of anilines is 1. The number of phenols is 1. The SMILES string of the molecule is CC(Nc1cccc(OC(F)F)c1)c1cc(F)ccc1O. The third-order valence-electron chi connectivity index (χ3n) is 2.90. The Morgan fingerprint density at radius 2 is 1.90 bits per heavy atom. The summed E-state index contributed by atoms with van der Waals surface area (Å²) < 4.78 is 41.8. The first-order chi connectivity index (χ1) is 9.95. The van der Waals surface area contributed by atoms with E-state index >= 15 is 0 Å². The van der Waals surface area contributed by atoms with Crippen LogP contribution in [0.2, 0.25) is 0 Å². The van der Waals surface area contributed by atoms with Crippen molar-refractivity contribution in [2.75, 3.05) is 5.32 Å². The van der Waals surface area contributed by atoms with Crippen molar-refractivity contribution < 1.29 is 23.0 Å². The smallest absolute Gasteiger partial charge is 0.387 e. The summed E-state index contributed by atoms with van der Waals surface area (Å²) in [7, 11) is 0. The summed E-state index contributed by atoms with van der Waals surface area (Å²) in [4.78, 5) is 0. The number of alkyl halides is 2. The van der Waals surface area contributed by atoms with Gasteiger partial charge >= 0.3 is 6.61 Å². The third kappa shape index (κ3) is 4.05. The molecule has 2 aromatic carbocycles. The summed E-state index contributed by atoms with van der Waals surface area (Å²) in [6.45, 7) is -1.18. The fourth-order valence-corrected chi connectivity index (χ4v) is 1.96. The van der Waals surface area contributed by atoms with E-state index in [-0.39, 0.29) is 11.5 Å². The molecule has 0 aliphatic heterocycles. The highest BCUT2D eigenvalue weighted by molar-refractivity contribution is 5.51. The van der Waals surface area contributed by atoms with E-state index in [2.05, 4.69) is 10.1 Å². The Labute approximate surface area is 120 Å². The zero-order valence-corrected chi connectivity index (χ0v) is 11.2. The van der Waals surface area contributed by atoms with Crippen molar-refractivity contribution in [2.24, 2.45) is 0 Å². The molecule has 6 heteroatoms. The van der Waals surface area contributed by atoms with Crippen LogP contribution in [0, 0.1) is 5.82 Å². The average Bonchev–Trinajstić information content (AvgIpc) is 2.41. The topological polar surface area (TPSA) is 41.5 Å². The van der Waals surface area contributed by atoms with Crippen LogP contribution in [0.3, 0.4) is 0 Å². The van der Waals surface area contributed by atoms with Crippen LogP contribution in [-0.4, -0.2) is 11.7 Å². The number of benzene rings is 2. The molecule has 0 spiro atoms. The van der Waals surface area contributed by atoms with Crippen LogP contribution in [0.1, 0.15) is 18.5 Å². The van der Waals surface area contributed by atoms with Crippen molar-refractivity contribution in [3.8, 4) is 11.5 Å². The number of phenolic OH excluding ortho intramolecular Hbond substituents is 1. The molecule has 3 nitrogen and oxygen atoms in total. The molecule has 2 rings (SSSR count). The van der Waals surface area contributed by atoms with Gasteiger partial charge in [0, 0.05) is 17.3 Å². The van der Waals surface area contributed by atoms with Gasteiger partial charge in [-0.1, -0.05) is 6.07 Å². The van der Waals surface area contributed by atoms with E-state index in [1.54, 1.807) is 19.1 Å². The highest BCUT2D eigenvalue weighted by Crippen LogP contribution is 2.29. The minimum atomic E-state index is -2.90. The molecule has 0 aromatic heterocycles. The summed E-state index contributed by atoms with van der Waals surface area (Å²) in [6, 6.07) is 9.24. The first-order valence-electron chi connectivity index (χ1n) is 6.25. The maximum absolute atomic E-state index is 13.2. The number of hydrogen-bond acceptors (Lipinski definition) is 3. The maximum atomic E-state index is 13.2. The minimum Gasteiger partial charge on any atom is -0.508 e. The first-order valence-corrected chi connectivity index (χ1v) is 6.25. The van der Waals surface area contributed by atoms with Crippen LogP contribution in [0.25, 0.3) is 0 Å². The van der Waals surface area contributed by atoms with E-state index < -0.39 is 18.5 Å². The number of ether oxygens (including phenoxy) is 1. The Morgan fingerprint density at radius 3 is 2.62 bits per heavy atom. The van der Waals surface area contributed by atoms with Gasteiger partial charge in [0.05, 0.1) is 6.04 Å². The standard InChI is InChI=1S/C15H14F3NO2/c1-9(13-7-10(16)5-6-14(13)20)19-11-3-2-4-12(8-11)21-15(17)18/h2-9,15,19-20H,1H3. The van der Waals surface area contributed by atoms with Gasteiger partial charge in [0.2, 0.25) is 0 Å². The van der Waals surface area contributed by atoms with Gasteiger partial charge in [-0.15, -0.1) is 0 Å². The molecule has 0 amide bonds. The zero-order valence-electron chi connectivity index (χ0n) is 11.2. The lowest BCUT2D eigenvalue weighted by Crippen LogP contribution is -2.08. The number of rotatable bonds is 5. The van der Waals surface area contributed by atoms with Crippen molar-refractivity contribution >= 4 is 5.69 Å². The number of halogens is 3. The molecule has 0 bridgehead atoms. The van der Waals surface area contributed by atoms with Gasteiger partial charge in [-0.25, -0.2) is 4.39 Å². The van der Waals surface area contributed by atoms with Gasteiger partial charge in [-0.2, -0.15) is 8.78 Å². The maximum Gasteiger partial charge on any atom is 0.387 e. The summed E-state index contributed by atoms with van der Waals surface area (Å²) in [5, 5.41) is 12.7. The van der Waals surface area contributed by atoms with Crippen molar-refractivity contribution in [3.05, 3.63) is 53.8 Å². The highest BCUT2D eigenvalue weighted by Gasteiger charge is 2.12. The Kier molecular flexibility index (Phi) is 4.57. The van der Waals surface area contributed by atoms with E-state index in [1.807, 2.05) is 0 Å². The highest BCUT2D eigenvalue weighted by atomic mass is 19.3. The predicted molar refractivity (Wildman–Crippen MR) is 73.2 cm³/mol. The Bertz CT molecular complexity index is 620. The summed E-state index contributed by atoms with van der Waals surface area (Å²) in [5.41, 5.74) is 0.888. The van der Waals surface area contributed by atoms with E-state index in [0.717, 1.165) is 6.07 Å². The number of nitrogens with one attached hydrogen (secondary N) is 1. The van der Waals surface area contributed by atoms with Crippen molar-refractivity contribution in [2.45, 2.75) is 19.6 Å². The lowest BCUT2D eigenvalue weighted by atomic mass is 10.1. The normalized spacial score (nSPS) is 12.2. The van der Waals surface area contributed by atoms with Gasteiger partial charge in [0.1, 0.15) is 17.3 Å². The minimum absolute atomic E-state index is 0.0191. The van der Waals surface area contributed by atoms with Crippen LogP contribution in [-0.2, 0) is 0 Å². The second-order valence-electron chi connectivity index (χ2n) is 4.48. The average molecular weight is 297 g/mol. The molecule has 0 fully saturated rings. The molecule has 1 atom stereocenters. The quantitative estimate of drug-likeness (QED) is 0.864. The van der Waals surface area contributed by atoms with E-state index in [9.17, 15) is 18.3 Å². The molecule has 0 aliphatic rings. The van der Waals surface area contributed by atoms with Gasteiger partial charge < -0.3 is 15.2 Å². The fourth-order valence-electron chi connectivity index (χ4n) is 1.96. The molecule has 21 heavy (non-hydrogen) atoms. The van der Waals surface area contributed by atoms with E-state index in [0.29, 0.717) is 11.3 Å². The third-order valence-corrected chi connectivity index (χ3v) is 2.90. The van der Waals surface area contributed by atoms with Gasteiger partial charge in [-0.3, -0.25) is 0 Å². The molecule has 0 heterocycles. The molecule has 2 N–H and O–H groups in total. The summed E-state index contributed by atoms with van der Waals surface area (Å²) >= 11 is 0. The molecule has 112 valence electrons. The van der Waals surface area contributed by atoms with Crippen LogP contribution >= 0.6 is 0 Å². The Hall–Kier alpha value is -2.37. The molecule has 0 radical (unpaired) electrons. The van der Waals surface area contributed by atoms with Crippen LogP contribution < -0.4 is 10.1 Å². The summed E-state index contributed by atoms with van der Waals surface area (Å²) in [5.74, 6) is -0.492. The van der Waals surface area contributed by atoms with Gasteiger partial charge in [-0.05, 0) is 37.3 Å². The second kappa shape index (κ2) is 6.39. The lowest BCUT2D eigenvalue weighted by Gasteiger charge is -2.17. The summed E-state index contributed by atoms with van der Waals surface area (Å²) in [6.07, 6.45) is 0. The molecule has 2 aromatic rings.